The lowest BCUT2D eigenvalue weighted by Crippen LogP contribution is -2.00. The van der Waals surface area contributed by atoms with Crippen LogP contribution in [0.15, 0.2) is 30.3 Å². The molecule has 0 atom stereocenters. The third kappa shape index (κ3) is 4.20. The van der Waals surface area contributed by atoms with Crippen LogP contribution in [0.25, 0.3) is 6.08 Å². The highest BCUT2D eigenvalue weighted by Crippen LogP contribution is 2.08. The van der Waals surface area contributed by atoms with Crippen LogP contribution in [-0.4, -0.2) is 30.6 Å². The first kappa shape index (κ1) is 13.1. The highest BCUT2D eigenvalue weighted by Gasteiger charge is 2.04. The topological polar surface area (TPSA) is 63.6 Å². The van der Waals surface area contributed by atoms with E-state index in [0.717, 1.165) is 5.56 Å². The van der Waals surface area contributed by atoms with Crippen LogP contribution in [0.5, 0.6) is 0 Å². The van der Waals surface area contributed by atoms with Gasteiger partial charge in [0, 0.05) is 6.42 Å². The van der Waals surface area contributed by atoms with Crippen molar-refractivity contribution in [3.63, 3.8) is 0 Å². The van der Waals surface area contributed by atoms with E-state index in [1.807, 2.05) is 0 Å². The van der Waals surface area contributed by atoms with Crippen molar-refractivity contribution in [3.8, 4) is 0 Å². The Morgan fingerprint density at radius 1 is 1.41 bits per heavy atom. The molecule has 0 saturated heterocycles. The second kappa shape index (κ2) is 6.60. The fourth-order valence-corrected chi connectivity index (χ4v) is 1.27. The number of aliphatic hydroxyl groups excluding tert-OH is 1. The first-order valence-electron chi connectivity index (χ1n) is 5.17. The minimum absolute atomic E-state index is 0.104. The Balaban J connectivity index is 2.78. The van der Waals surface area contributed by atoms with Gasteiger partial charge in [0.2, 0.25) is 0 Å². The summed E-state index contributed by atoms with van der Waals surface area (Å²) < 4.78 is 4.59. The summed E-state index contributed by atoms with van der Waals surface area (Å²) >= 11 is 0. The molecule has 4 nitrogen and oxygen atoms in total. The predicted octanol–water partition coefficient (Wildman–Crippen LogP) is 1.44. The maximum Gasteiger partial charge on any atom is 0.337 e. The molecule has 0 fully saturated rings. The summed E-state index contributed by atoms with van der Waals surface area (Å²) in [5.41, 5.74) is 1.17. The Bertz CT molecular complexity index is 435. The zero-order valence-electron chi connectivity index (χ0n) is 9.55. The fourth-order valence-electron chi connectivity index (χ4n) is 1.27. The van der Waals surface area contributed by atoms with Gasteiger partial charge in [0.05, 0.1) is 19.3 Å². The van der Waals surface area contributed by atoms with E-state index in [0.29, 0.717) is 5.56 Å². The number of rotatable bonds is 5. The van der Waals surface area contributed by atoms with Crippen molar-refractivity contribution in [3.05, 3.63) is 41.5 Å². The molecule has 0 amide bonds. The van der Waals surface area contributed by atoms with Crippen LogP contribution < -0.4 is 0 Å². The zero-order valence-corrected chi connectivity index (χ0v) is 9.55. The average Bonchev–Trinajstić information content (AvgIpc) is 2.36. The van der Waals surface area contributed by atoms with Crippen molar-refractivity contribution in [2.75, 3.05) is 13.7 Å². The number of hydrogen-bond donors (Lipinski definition) is 1. The largest absolute Gasteiger partial charge is 0.465 e. The second-order valence-electron chi connectivity index (χ2n) is 3.39. The maximum atomic E-state index is 11.3. The third-order valence-electron chi connectivity index (χ3n) is 2.13. The van der Waals surface area contributed by atoms with Gasteiger partial charge in [-0.05, 0) is 23.8 Å². The van der Waals surface area contributed by atoms with Crippen LogP contribution >= 0.6 is 0 Å². The molecule has 0 radical (unpaired) electrons. The van der Waals surface area contributed by atoms with E-state index < -0.39 is 5.97 Å². The molecular weight excluding hydrogens is 220 g/mol. The van der Waals surface area contributed by atoms with E-state index in [4.69, 9.17) is 5.11 Å². The first-order chi connectivity index (χ1) is 8.17. The molecule has 0 aliphatic heterocycles. The minimum Gasteiger partial charge on any atom is -0.465 e. The number of carbonyl (C=O) groups is 2. The van der Waals surface area contributed by atoms with E-state index in [9.17, 15) is 9.59 Å². The highest BCUT2D eigenvalue weighted by molar-refractivity contribution is 5.94. The van der Waals surface area contributed by atoms with Crippen molar-refractivity contribution >= 4 is 17.8 Å². The summed E-state index contributed by atoms with van der Waals surface area (Å²) in [7, 11) is 1.32. The number of aliphatic hydroxyl groups is 1. The van der Waals surface area contributed by atoms with Crippen molar-refractivity contribution in [2.45, 2.75) is 6.42 Å². The van der Waals surface area contributed by atoms with Gasteiger partial charge in [-0.1, -0.05) is 18.2 Å². The molecule has 17 heavy (non-hydrogen) atoms. The lowest BCUT2D eigenvalue weighted by molar-refractivity contribution is -0.115. The average molecular weight is 234 g/mol. The number of benzene rings is 1. The van der Waals surface area contributed by atoms with Crippen LogP contribution in [0, 0.1) is 0 Å². The number of ether oxygens (including phenoxy) is 1. The van der Waals surface area contributed by atoms with Gasteiger partial charge < -0.3 is 9.84 Å². The smallest absolute Gasteiger partial charge is 0.337 e. The van der Waals surface area contributed by atoms with Gasteiger partial charge in [0.25, 0.3) is 0 Å². The normalized spacial score (nSPS) is 10.5. The maximum absolute atomic E-state index is 11.3. The lowest BCUT2D eigenvalue weighted by atomic mass is 10.1. The fraction of sp³-hybridized carbons (Fsp3) is 0.231. The van der Waals surface area contributed by atoms with Crippen molar-refractivity contribution < 1.29 is 19.4 Å². The molecule has 0 saturated carbocycles. The molecule has 0 spiro atoms. The molecule has 1 rings (SSSR count). The van der Waals surface area contributed by atoms with Crippen molar-refractivity contribution in [1.29, 1.82) is 0 Å². The lowest BCUT2D eigenvalue weighted by Gasteiger charge is -1.99. The van der Waals surface area contributed by atoms with Gasteiger partial charge in [-0.2, -0.15) is 0 Å². The summed E-state index contributed by atoms with van der Waals surface area (Å²) in [6.45, 7) is -0.161. The SMILES string of the molecule is COC(=O)c1cccc(/C=C/C(=O)CCO)c1. The van der Waals surface area contributed by atoms with E-state index in [1.54, 1.807) is 30.3 Å². The monoisotopic (exact) mass is 234 g/mol. The van der Waals surface area contributed by atoms with Gasteiger partial charge in [-0.25, -0.2) is 4.79 Å². The van der Waals surface area contributed by atoms with E-state index in [-0.39, 0.29) is 18.8 Å². The number of hydrogen-bond acceptors (Lipinski definition) is 4. The van der Waals surface area contributed by atoms with Gasteiger partial charge in [0.1, 0.15) is 0 Å². The van der Waals surface area contributed by atoms with Crippen LogP contribution in [0.2, 0.25) is 0 Å². The summed E-state index contributed by atoms with van der Waals surface area (Å²) in [6.07, 6.45) is 3.09. The summed E-state index contributed by atoms with van der Waals surface area (Å²) in [5.74, 6) is -0.571. The Kier molecular flexibility index (Phi) is 5.10. The van der Waals surface area contributed by atoms with Crippen LogP contribution in [0.3, 0.4) is 0 Å². The first-order valence-corrected chi connectivity index (χ1v) is 5.17. The van der Waals surface area contributed by atoms with Crippen molar-refractivity contribution in [1.82, 2.24) is 0 Å². The number of allylic oxidation sites excluding steroid dienone is 1. The summed E-state index contributed by atoms with van der Waals surface area (Å²) in [6, 6.07) is 6.75. The van der Waals surface area contributed by atoms with E-state index >= 15 is 0 Å². The Hall–Kier alpha value is -1.94. The van der Waals surface area contributed by atoms with Gasteiger partial charge >= 0.3 is 5.97 Å². The highest BCUT2D eigenvalue weighted by atomic mass is 16.5. The number of methoxy groups -OCH3 is 1. The Labute approximate surface area is 99.5 Å². The number of ketones is 1. The zero-order chi connectivity index (χ0) is 12.7. The minimum atomic E-state index is -0.415. The summed E-state index contributed by atoms with van der Waals surface area (Å²) in [5, 5.41) is 8.57. The Morgan fingerprint density at radius 2 is 2.18 bits per heavy atom. The standard InChI is InChI=1S/C13H14O4/c1-17-13(16)11-4-2-3-10(9-11)5-6-12(15)7-8-14/h2-6,9,14H,7-8H2,1H3/b6-5+. The number of carbonyl (C=O) groups excluding carboxylic acids is 2. The molecule has 0 heterocycles. The molecule has 0 aliphatic carbocycles. The van der Waals surface area contributed by atoms with E-state index in [1.165, 1.54) is 13.2 Å². The predicted molar refractivity (Wildman–Crippen MR) is 63.5 cm³/mol. The summed E-state index contributed by atoms with van der Waals surface area (Å²) in [4.78, 5) is 22.4. The van der Waals surface area contributed by atoms with Gasteiger partial charge in [-0.3, -0.25) is 4.79 Å². The Morgan fingerprint density at radius 3 is 2.82 bits per heavy atom. The molecule has 4 heteroatoms. The van der Waals surface area contributed by atoms with E-state index in [2.05, 4.69) is 4.74 Å². The molecular formula is C13H14O4. The molecule has 1 aromatic rings. The van der Waals surface area contributed by atoms with Crippen LogP contribution in [0.1, 0.15) is 22.3 Å². The van der Waals surface area contributed by atoms with Gasteiger partial charge in [-0.15, -0.1) is 0 Å². The number of esters is 1. The molecule has 0 unspecified atom stereocenters. The molecule has 1 N–H and O–H groups in total. The second-order valence-corrected chi connectivity index (χ2v) is 3.39. The molecule has 0 aliphatic rings. The van der Waals surface area contributed by atoms with Crippen LogP contribution in [0.4, 0.5) is 0 Å². The molecule has 0 bridgehead atoms. The quantitative estimate of drug-likeness (QED) is 0.618. The molecule has 90 valence electrons. The van der Waals surface area contributed by atoms with Crippen molar-refractivity contribution in [2.24, 2.45) is 0 Å². The third-order valence-corrected chi connectivity index (χ3v) is 2.13. The van der Waals surface area contributed by atoms with Gasteiger partial charge in [0.15, 0.2) is 5.78 Å². The molecule has 1 aromatic carbocycles. The van der Waals surface area contributed by atoms with Crippen LogP contribution in [-0.2, 0) is 9.53 Å². The molecule has 0 aromatic heterocycles.